The zero-order valence-corrected chi connectivity index (χ0v) is 12.2. The van der Waals surface area contributed by atoms with Crippen molar-refractivity contribution >= 4 is 17.7 Å². The van der Waals surface area contributed by atoms with Crippen molar-refractivity contribution in [2.24, 2.45) is 0 Å². The van der Waals surface area contributed by atoms with Crippen LogP contribution in [0, 0.1) is 27.7 Å². The summed E-state index contributed by atoms with van der Waals surface area (Å²) in [6, 6.07) is 6.15. The molecule has 1 heterocycles. The molecule has 0 atom stereocenters. The lowest BCUT2D eigenvalue weighted by Crippen LogP contribution is -2.09. The van der Waals surface area contributed by atoms with Crippen LogP contribution >= 0.6 is 0 Å². The lowest BCUT2D eigenvalue weighted by Gasteiger charge is -2.03. The number of carbonyl (C=O) groups excluding carboxylic acids is 1. The summed E-state index contributed by atoms with van der Waals surface area (Å²) in [6.45, 7) is 7.82. The van der Waals surface area contributed by atoms with Gasteiger partial charge in [-0.15, -0.1) is 0 Å². The van der Waals surface area contributed by atoms with E-state index in [1.807, 2.05) is 39.0 Å². The first kappa shape index (κ1) is 14.1. The fourth-order valence-corrected chi connectivity index (χ4v) is 2.08. The van der Waals surface area contributed by atoms with E-state index >= 15 is 0 Å². The Morgan fingerprint density at radius 2 is 2.00 bits per heavy atom. The van der Waals surface area contributed by atoms with Gasteiger partial charge in [0.05, 0.1) is 17.1 Å². The van der Waals surface area contributed by atoms with Crippen LogP contribution in [0.3, 0.4) is 0 Å². The Morgan fingerprint density at radius 1 is 1.25 bits per heavy atom. The van der Waals surface area contributed by atoms with Gasteiger partial charge >= 0.3 is 0 Å². The summed E-state index contributed by atoms with van der Waals surface area (Å²) < 4.78 is 0. The molecule has 4 nitrogen and oxygen atoms in total. The molecular weight excluding hydrogens is 250 g/mol. The third-order valence-electron chi connectivity index (χ3n) is 3.22. The van der Waals surface area contributed by atoms with Crippen molar-refractivity contribution in [3.05, 3.63) is 52.4 Å². The standard InChI is InChI=1S/C16H19N3O/c1-10-5-6-14(11(2)9-10)7-8-15(20)17-16-12(3)18-19-13(16)4/h5-9H,1-4H3,(H,17,20)(H,18,19)/b8-7+. The average Bonchev–Trinajstić information content (AvgIpc) is 2.69. The molecule has 0 unspecified atom stereocenters. The molecule has 0 aliphatic rings. The van der Waals surface area contributed by atoms with E-state index in [4.69, 9.17) is 0 Å². The van der Waals surface area contributed by atoms with E-state index in [1.165, 1.54) is 5.56 Å². The molecule has 2 rings (SSSR count). The molecule has 104 valence electrons. The Balaban J connectivity index is 2.10. The third kappa shape index (κ3) is 3.15. The first-order valence-electron chi connectivity index (χ1n) is 6.55. The van der Waals surface area contributed by atoms with Crippen LogP contribution in [0.4, 0.5) is 5.69 Å². The fourth-order valence-electron chi connectivity index (χ4n) is 2.08. The number of aromatic amines is 1. The number of hydrogen-bond donors (Lipinski definition) is 2. The fraction of sp³-hybridized carbons (Fsp3) is 0.250. The molecule has 0 aliphatic heterocycles. The summed E-state index contributed by atoms with van der Waals surface area (Å²) >= 11 is 0. The molecule has 2 N–H and O–H groups in total. The van der Waals surface area contributed by atoms with E-state index in [0.717, 1.165) is 28.2 Å². The highest BCUT2D eigenvalue weighted by atomic mass is 16.1. The number of rotatable bonds is 3. The van der Waals surface area contributed by atoms with Gasteiger partial charge in [0, 0.05) is 6.08 Å². The quantitative estimate of drug-likeness (QED) is 0.840. The summed E-state index contributed by atoms with van der Waals surface area (Å²) in [5.41, 5.74) is 5.82. The van der Waals surface area contributed by atoms with Crippen molar-refractivity contribution in [2.45, 2.75) is 27.7 Å². The second-order valence-corrected chi connectivity index (χ2v) is 4.99. The number of aryl methyl sites for hydroxylation is 4. The van der Waals surface area contributed by atoms with Crippen LogP contribution in [0.5, 0.6) is 0 Å². The Labute approximate surface area is 118 Å². The topological polar surface area (TPSA) is 57.8 Å². The maximum absolute atomic E-state index is 11.9. The van der Waals surface area contributed by atoms with Crippen LogP contribution in [0.1, 0.15) is 28.1 Å². The highest BCUT2D eigenvalue weighted by molar-refractivity contribution is 6.02. The number of amides is 1. The summed E-state index contributed by atoms with van der Waals surface area (Å²) in [5.74, 6) is -0.155. The van der Waals surface area contributed by atoms with Gasteiger partial charge in [0.25, 0.3) is 0 Å². The van der Waals surface area contributed by atoms with E-state index in [2.05, 4.69) is 28.5 Å². The number of benzene rings is 1. The normalized spacial score (nSPS) is 11.0. The van der Waals surface area contributed by atoms with E-state index in [0.29, 0.717) is 0 Å². The molecular formula is C16H19N3O. The largest absolute Gasteiger partial charge is 0.319 e. The van der Waals surface area contributed by atoms with Gasteiger partial charge in [-0.3, -0.25) is 9.89 Å². The molecule has 1 aromatic carbocycles. The van der Waals surface area contributed by atoms with Crippen molar-refractivity contribution in [2.75, 3.05) is 5.32 Å². The molecule has 4 heteroatoms. The summed E-state index contributed by atoms with van der Waals surface area (Å²) in [7, 11) is 0. The van der Waals surface area contributed by atoms with Crippen LogP contribution in [0.2, 0.25) is 0 Å². The van der Waals surface area contributed by atoms with Crippen LogP contribution in [-0.2, 0) is 4.79 Å². The third-order valence-corrected chi connectivity index (χ3v) is 3.22. The molecule has 1 amide bonds. The minimum atomic E-state index is -0.155. The highest BCUT2D eigenvalue weighted by Crippen LogP contribution is 2.16. The van der Waals surface area contributed by atoms with Crippen LogP contribution in [0.15, 0.2) is 24.3 Å². The lowest BCUT2D eigenvalue weighted by molar-refractivity contribution is -0.111. The van der Waals surface area contributed by atoms with Gasteiger partial charge in [-0.1, -0.05) is 23.8 Å². The molecule has 0 fully saturated rings. The first-order chi connectivity index (χ1) is 9.47. The zero-order chi connectivity index (χ0) is 14.7. The molecule has 1 aromatic heterocycles. The number of anilines is 1. The number of aromatic nitrogens is 2. The van der Waals surface area contributed by atoms with E-state index in [1.54, 1.807) is 6.08 Å². The molecule has 0 saturated carbocycles. The monoisotopic (exact) mass is 269 g/mol. The molecule has 0 aliphatic carbocycles. The number of nitrogens with one attached hydrogen (secondary N) is 2. The second-order valence-electron chi connectivity index (χ2n) is 4.99. The Hall–Kier alpha value is -2.36. The minimum Gasteiger partial charge on any atom is -0.319 e. The van der Waals surface area contributed by atoms with Crippen molar-refractivity contribution in [3.63, 3.8) is 0 Å². The van der Waals surface area contributed by atoms with Gasteiger partial charge in [-0.25, -0.2) is 0 Å². The molecule has 0 radical (unpaired) electrons. The Morgan fingerprint density at radius 3 is 2.60 bits per heavy atom. The average molecular weight is 269 g/mol. The van der Waals surface area contributed by atoms with E-state index in [9.17, 15) is 4.79 Å². The van der Waals surface area contributed by atoms with Crippen LogP contribution in [0.25, 0.3) is 6.08 Å². The van der Waals surface area contributed by atoms with Gasteiger partial charge < -0.3 is 5.32 Å². The van der Waals surface area contributed by atoms with Gasteiger partial charge in [-0.2, -0.15) is 5.10 Å². The smallest absolute Gasteiger partial charge is 0.248 e. The van der Waals surface area contributed by atoms with Gasteiger partial charge in [0.1, 0.15) is 0 Å². The first-order valence-corrected chi connectivity index (χ1v) is 6.55. The van der Waals surface area contributed by atoms with E-state index < -0.39 is 0 Å². The minimum absolute atomic E-state index is 0.155. The molecule has 0 bridgehead atoms. The van der Waals surface area contributed by atoms with Gasteiger partial charge in [0.2, 0.25) is 5.91 Å². The lowest BCUT2D eigenvalue weighted by atomic mass is 10.1. The number of H-pyrrole nitrogens is 1. The zero-order valence-electron chi connectivity index (χ0n) is 12.2. The van der Waals surface area contributed by atoms with Gasteiger partial charge in [0.15, 0.2) is 0 Å². The highest BCUT2D eigenvalue weighted by Gasteiger charge is 2.07. The number of carbonyl (C=O) groups is 1. The molecule has 0 saturated heterocycles. The second kappa shape index (κ2) is 5.74. The summed E-state index contributed by atoms with van der Waals surface area (Å²) in [4.78, 5) is 11.9. The van der Waals surface area contributed by atoms with Crippen molar-refractivity contribution in [1.29, 1.82) is 0 Å². The SMILES string of the molecule is Cc1ccc(/C=C/C(=O)Nc2c(C)n[nH]c2C)c(C)c1. The maximum atomic E-state index is 11.9. The van der Waals surface area contributed by atoms with Gasteiger partial charge in [-0.05, 0) is 44.9 Å². The van der Waals surface area contributed by atoms with Crippen LogP contribution in [-0.4, -0.2) is 16.1 Å². The Bertz CT molecular complexity index is 649. The molecule has 2 aromatic rings. The predicted molar refractivity (Wildman–Crippen MR) is 81.6 cm³/mol. The molecule has 0 spiro atoms. The maximum Gasteiger partial charge on any atom is 0.248 e. The van der Waals surface area contributed by atoms with Crippen molar-refractivity contribution in [3.8, 4) is 0 Å². The predicted octanol–water partition coefficient (Wildman–Crippen LogP) is 3.30. The summed E-state index contributed by atoms with van der Waals surface area (Å²) in [5, 5.41) is 9.73. The number of hydrogen-bond acceptors (Lipinski definition) is 2. The van der Waals surface area contributed by atoms with Crippen LogP contribution < -0.4 is 5.32 Å². The number of nitrogens with zero attached hydrogens (tertiary/aromatic N) is 1. The van der Waals surface area contributed by atoms with Crippen molar-refractivity contribution < 1.29 is 4.79 Å². The summed E-state index contributed by atoms with van der Waals surface area (Å²) in [6.07, 6.45) is 3.37. The van der Waals surface area contributed by atoms with E-state index in [-0.39, 0.29) is 5.91 Å². The Kier molecular flexibility index (Phi) is 4.03. The van der Waals surface area contributed by atoms with Crippen molar-refractivity contribution in [1.82, 2.24) is 10.2 Å². The molecule has 20 heavy (non-hydrogen) atoms.